The summed E-state index contributed by atoms with van der Waals surface area (Å²) in [5.74, 6) is 1.46. The zero-order chi connectivity index (χ0) is 19.5. The topological polar surface area (TPSA) is 110 Å². The van der Waals surface area contributed by atoms with Crippen LogP contribution < -0.4 is 20.3 Å². The maximum absolute atomic E-state index is 12.6. The first-order chi connectivity index (χ1) is 13.7. The second kappa shape index (κ2) is 7.77. The Morgan fingerprint density at radius 2 is 2.04 bits per heavy atom. The third kappa shape index (κ3) is 3.58. The van der Waals surface area contributed by atoms with Crippen LogP contribution in [0.3, 0.4) is 0 Å². The molecule has 3 aromatic heterocycles. The van der Waals surface area contributed by atoms with Crippen LogP contribution in [0.1, 0.15) is 17.3 Å². The molecule has 4 rings (SSSR count). The van der Waals surface area contributed by atoms with E-state index in [1.165, 1.54) is 6.20 Å². The van der Waals surface area contributed by atoms with E-state index in [-0.39, 0.29) is 5.91 Å². The Morgan fingerprint density at radius 1 is 1.21 bits per heavy atom. The molecule has 3 aromatic rings. The van der Waals surface area contributed by atoms with E-state index in [0.29, 0.717) is 34.9 Å². The van der Waals surface area contributed by atoms with E-state index in [0.717, 1.165) is 32.0 Å². The van der Waals surface area contributed by atoms with Crippen LogP contribution >= 0.6 is 0 Å². The smallest absolute Gasteiger partial charge is 0.258 e. The van der Waals surface area contributed by atoms with Crippen molar-refractivity contribution in [3.8, 4) is 5.88 Å². The number of fused-ring (bicyclic) bond motifs is 1. The van der Waals surface area contributed by atoms with Crippen LogP contribution in [0.15, 0.2) is 24.7 Å². The molecule has 10 nitrogen and oxygen atoms in total. The van der Waals surface area contributed by atoms with Crippen molar-refractivity contribution in [2.75, 3.05) is 43.0 Å². The molecule has 146 valence electrons. The molecule has 0 spiro atoms. The third-order valence-corrected chi connectivity index (χ3v) is 4.50. The fraction of sp³-hybridized carbons (Fsp3) is 0.389. The molecule has 10 heteroatoms. The standard InChI is InChI=1S/C18H22N8O2/c1-3-28-18-13-8-12(9-22-16(13)24-25(18)2)17(27)23-14-10-21-15(11-20-14)26-6-4-19-5-7-26/h8-11,19H,3-7H2,1-2H3,(H,20,23,27). The number of nitrogens with one attached hydrogen (secondary N) is 2. The number of amides is 1. The normalized spacial score (nSPS) is 14.3. The van der Waals surface area contributed by atoms with Crippen molar-refractivity contribution < 1.29 is 9.53 Å². The Bertz CT molecular complexity index is 979. The molecule has 1 aliphatic heterocycles. The van der Waals surface area contributed by atoms with Crippen LogP contribution in [0.5, 0.6) is 5.88 Å². The van der Waals surface area contributed by atoms with E-state index in [9.17, 15) is 4.79 Å². The maximum Gasteiger partial charge on any atom is 0.258 e. The Kier molecular flexibility index (Phi) is 5.02. The molecule has 0 bridgehead atoms. The van der Waals surface area contributed by atoms with E-state index in [4.69, 9.17) is 4.74 Å². The second-order valence-electron chi connectivity index (χ2n) is 6.41. The molecule has 0 atom stereocenters. The Hall–Kier alpha value is -3.27. The highest BCUT2D eigenvalue weighted by Crippen LogP contribution is 2.24. The van der Waals surface area contributed by atoms with Gasteiger partial charge in [0.05, 0.1) is 30.0 Å². The zero-order valence-corrected chi connectivity index (χ0v) is 15.8. The van der Waals surface area contributed by atoms with Crippen LogP contribution in [-0.4, -0.2) is 63.4 Å². The largest absolute Gasteiger partial charge is 0.478 e. The Morgan fingerprint density at radius 3 is 2.75 bits per heavy atom. The number of hydrogen-bond acceptors (Lipinski definition) is 8. The number of rotatable bonds is 5. The van der Waals surface area contributed by atoms with E-state index in [1.807, 2.05) is 6.92 Å². The van der Waals surface area contributed by atoms with Crippen molar-refractivity contribution in [1.82, 2.24) is 30.0 Å². The lowest BCUT2D eigenvalue weighted by Gasteiger charge is -2.28. The highest BCUT2D eigenvalue weighted by Gasteiger charge is 2.16. The van der Waals surface area contributed by atoms with E-state index in [2.05, 4.69) is 35.6 Å². The van der Waals surface area contributed by atoms with Gasteiger partial charge >= 0.3 is 0 Å². The molecule has 0 saturated carbocycles. The van der Waals surface area contributed by atoms with Gasteiger partial charge in [-0.25, -0.2) is 19.6 Å². The number of ether oxygens (including phenoxy) is 1. The van der Waals surface area contributed by atoms with Gasteiger partial charge in [-0.2, -0.15) is 0 Å². The molecule has 0 aromatic carbocycles. The predicted octanol–water partition coefficient (Wildman–Crippen LogP) is 0.819. The summed E-state index contributed by atoms with van der Waals surface area (Å²) in [6.07, 6.45) is 4.73. The van der Waals surface area contributed by atoms with Gasteiger partial charge in [-0.1, -0.05) is 0 Å². The minimum Gasteiger partial charge on any atom is -0.478 e. The molecule has 1 saturated heterocycles. The lowest BCUT2D eigenvalue weighted by atomic mass is 10.2. The molecule has 1 amide bonds. The number of hydrogen-bond donors (Lipinski definition) is 2. The molecular formula is C18H22N8O2. The minimum atomic E-state index is -0.315. The van der Waals surface area contributed by atoms with Crippen LogP contribution in [0, 0.1) is 0 Å². The van der Waals surface area contributed by atoms with Crippen LogP contribution in [0.25, 0.3) is 11.0 Å². The van der Waals surface area contributed by atoms with E-state index >= 15 is 0 Å². The van der Waals surface area contributed by atoms with Crippen molar-refractivity contribution in [2.24, 2.45) is 7.05 Å². The lowest BCUT2D eigenvalue weighted by Crippen LogP contribution is -2.43. The lowest BCUT2D eigenvalue weighted by molar-refractivity contribution is 0.102. The van der Waals surface area contributed by atoms with Gasteiger partial charge in [0.2, 0.25) is 5.88 Å². The monoisotopic (exact) mass is 382 g/mol. The zero-order valence-electron chi connectivity index (χ0n) is 15.8. The van der Waals surface area contributed by atoms with Crippen molar-refractivity contribution in [3.63, 3.8) is 0 Å². The van der Waals surface area contributed by atoms with Gasteiger partial charge < -0.3 is 20.3 Å². The van der Waals surface area contributed by atoms with Gasteiger partial charge in [-0.3, -0.25) is 4.79 Å². The summed E-state index contributed by atoms with van der Waals surface area (Å²) < 4.78 is 7.23. The molecule has 28 heavy (non-hydrogen) atoms. The van der Waals surface area contributed by atoms with Crippen LogP contribution in [0.4, 0.5) is 11.6 Å². The molecule has 1 aliphatic rings. The molecule has 2 N–H and O–H groups in total. The SMILES string of the molecule is CCOc1c2cc(C(=O)Nc3cnc(N4CCNCC4)cn3)cnc2nn1C. The molecule has 0 unspecified atom stereocenters. The van der Waals surface area contributed by atoms with Gasteiger partial charge in [0.1, 0.15) is 5.82 Å². The molecule has 0 aliphatic carbocycles. The number of nitrogens with zero attached hydrogens (tertiary/aromatic N) is 6. The second-order valence-corrected chi connectivity index (χ2v) is 6.41. The number of aromatic nitrogens is 5. The van der Waals surface area contributed by atoms with Crippen LogP contribution in [0.2, 0.25) is 0 Å². The summed E-state index contributed by atoms with van der Waals surface area (Å²) in [6.45, 7) is 6.02. The number of pyridine rings is 1. The predicted molar refractivity (Wildman–Crippen MR) is 105 cm³/mol. The highest BCUT2D eigenvalue weighted by atomic mass is 16.5. The van der Waals surface area contributed by atoms with Gasteiger partial charge in [0.15, 0.2) is 11.5 Å². The fourth-order valence-electron chi connectivity index (χ4n) is 3.12. The minimum absolute atomic E-state index is 0.315. The fourth-order valence-corrected chi connectivity index (χ4v) is 3.12. The first kappa shape index (κ1) is 18.1. The summed E-state index contributed by atoms with van der Waals surface area (Å²) in [5.41, 5.74) is 0.928. The van der Waals surface area contributed by atoms with E-state index in [1.54, 1.807) is 30.2 Å². The molecule has 1 fully saturated rings. The van der Waals surface area contributed by atoms with Gasteiger partial charge in [0, 0.05) is 39.4 Å². The quantitative estimate of drug-likeness (QED) is 0.667. The van der Waals surface area contributed by atoms with Gasteiger partial charge in [-0.15, -0.1) is 5.10 Å². The van der Waals surface area contributed by atoms with Crippen molar-refractivity contribution in [1.29, 1.82) is 0 Å². The first-order valence-electron chi connectivity index (χ1n) is 9.20. The summed E-state index contributed by atoms with van der Waals surface area (Å²) in [6, 6.07) is 1.72. The average Bonchev–Trinajstić information content (AvgIpc) is 3.04. The van der Waals surface area contributed by atoms with Gasteiger partial charge in [0.25, 0.3) is 5.91 Å². The first-order valence-corrected chi connectivity index (χ1v) is 9.20. The number of aryl methyl sites for hydroxylation is 1. The summed E-state index contributed by atoms with van der Waals surface area (Å²) >= 11 is 0. The van der Waals surface area contributed by atoms with E-state index < -0.39 is 0 Å². The Labute approximate surface area is 161 Å². The summed E-state index contributed by atoms with van der Waals surface area (Å²) in [5, 5.41) is 11.0. The number of carbonyl (C=O) groups is 1. The summed E-state index contributed by atoms with van der Waals surface area (Å²) in [4.78, 5) is 27.8. The van der Waals surface area contributed by atoms with Crippen molar-refractivity contribution in [3.05, 3.63) is 30.2 Å². The molecule has 4 heterocycles. The Balaban J connectivity index is 1.50. The molecule has 0 radical (unpaired) electrons. The number of piperazine rings is 1. The number of carbonyl (C=O) groups excluding carboxylic acids is 1. The average molecular weight is 382 g/mol. The van der Waals surface area contributed by atoms with Crippen molar-refractivity contribution >= 4 is 28.6 Å². The molecular weight excluding hydrogens is 360 g/mol. The third-order valence-electron chi connectivity index (χ3n) is 4.50. The van der Waals surface area contributed by atoms with Gasteiger partial charge in [-0.05, 0) is 13.0 Å². The highest BCUT2D eigenvalue weighted by molar-refractivity contribution is 6.05. The van der Waals surface area contributed by atoms with Crippen LogP contribution in [-0.2, 0) is 7.05 Å². The number of anilines is 2. The van der Waals surface area contributed by atoms with Crippen molar-refractivity contribution in [2.45, 2.75) is 6.92 Å². The summed E-state index contributed by atoms with van der Waals surface area (Å²) in [7, 11) is 1.78. The maximum atomic E-state index is 12.6.